The Kier molecular flexibility index (Phi) is 5.73. The van der Waals surface area contributed by atoms with Crippen molar-refractivity contribution in [2.75, 3.05) is 0 Å². The topological polar surface area (TPSA) is 31.6 Å². The molecule has 2 nitrogen and oxygen atoms in total. The fraction of sp³-hybridized carbons (Fsp3) is 0. The first-order valence-corrected chi connectivity index (χ1v) is 6.57. The van der Waals surface area contributed by atoms with E-state index in [1.165, 1.54) is 10.9 Å². The number of para-hydroxylation sites is 1. The van der Waals surface area contributed by atoms with Gasteiger partial charge in [0.25, 0.3) is 0 Å². The highest BCUT2D eigenvalue weighted by atomic mass is 14.7. The molecule has 0 fully saturated rings. The Bertz CT molecular complexity index is 593. The highest BCUT2D eigenvalue weighted by Crippen LogP contribution is 2.09. The molecule has 4 rings (SSSR count). The van der Waals surface area contributed by atoms with Crippen molar-refractivity contribution in [1.82, 2.24) is 9.97 Å². The predicted octanol–water partition coefficient (Wildman–Crippen LogP) is 4.87. The van der Waals surface area contributed by atoms with Crippen molar-refractivity contribution < 1.29 is 0 Å². The van der Waals surface area contributed by atoms with E-state index >= 15 is 0 Å². The first-order valence-electron chi connectivity index (χ1n) is 6.57. The lowest BCUT2D eigenvalue weighted by atomic mass is 10.3. The Morgan fingerprint density at radius 1 is 0.500 bits per heavy atom. The van der Waals surface area contributed by atoms with Crippen LogP contribution >= 0.6 is 0 Å². The van der Waals surface area contributed by atoms with E-state index in [9.17, 15) is 0 Å². The van der Waals surface area contributed by atoms with E-state index in [1.54, 1.807) is 0 Å². The van der Waals surface area contributed by atoms with Crippen LogP contribution in [-0.4, -0.2) is 9.97 Å². The van der Waals surface area contributed by atoms with Gasteiger partial charge in [-0.3, -0.25) is 0 Å². The molecular formula is C18H18N2. The molecule has 0 aliphatic carbocycles. The summed E-state index contributed by atoms with van der Waals surface area (Å²) in [6, 6.07) is 26.2. The number of rotatable bonds is 0. The van der Waals surface area contributed by atoms with Gasteiger partial charge in [-0.2, -0.15) is 0 Å². The Labute approximate surface area is 119 Å². The highest BCUT2D eigenvalue weighted by Gasteiger charge is 1.86. The van der Waals surface area contributed by atoms with E-state index in [1.807, 2.05) is 79.3 Å². The largest absolute Gasteiger partial charge is 0.368 e. The number of nitrogens with one attached hydrogen (secondary N) is 2. The molecular weight excluding hydrogens is 244 g/mol. The summed E-state index contributed by atoms with van der Waals surface area (Å²) in [7, 11) is 0. The Morgan fingerprint density at radius 3 is 1.60 bits per heavy atom. The second-order valence-electron chi connectivity index (χ2n) is 4.10. The van der Waals surface area contributed by atoms with Crippen molar-refractivity contribution in [2.45, 2.75) is 0 Å². The average molecular weight is 262 g/mol. The third-order valence-electron chi connectivity index (χ3n) is 2.63. The SMILES string of the molecule is c1cc[nH]c1.c1ccc2[nH]ccc2c1.c1ccccc1. The maximum Gasteiger partial charge on any atom is 0.0453 e. The number of hydrogen-bond acceptors (Lipinski definition) is 0. The molecule has 100 valence electrons. The second kappa shape index (κ2) is 8.38. The maximum atomic E-state index is 3.12. The lowest BCUT2D eigenvalue weighted by molar-refractivity contribution is 1.42. The van der Waals surface area contributed by atoms with Crippen LogP contribution in [0.1, 0.15) is 0 Å². The number of fused-ring (bicyclic) bond motifs is 1. The van der Waals surface area contributed by atoms with Crippen LogP contribution < -0.4 is 0 Å². The number of aromatic amines is 2. The van der Waals surface area contributed by atoms with Crippen LogP contribution in [0.3, 0.4) is 0 Å². The normalized spacial score (nSPS) is 9.00. The summed E-state index contributed by atoms with van der Waals surface area (Å²) in [4.78, 5) is 5.98. The lowest BCUT2D eigenvalue weighted by Gasteiger charge is -1.83. The monoisotopic (exact) mass is 262 g/mol. The van der Waals surface area contributed by atoms with Gasteiger partial charge in [0.15, 0.2) is 0 Å². The molecule has 0 radical (unpaired) electrons. The molecule has 0 aliphatic heterocycles. The van der Waals surface area contributed by atoms with Crippen LogP contribution in [-0.2, 0) is 0 Å². The van der Waals surface area contributed by atoms with Crippen molar-refractivity contribution in [3.05, 3.63) is 97.5 Å². The van der Waals surface area contributed by atoms with Gasteiger partial charge in [0.1, 0.15) is 0 Å². The first kappa shape index (κ1) is 13.7. The smallest absolute Gasteiger partial charge is 0.0453 e. The number of benzene rings is 2. The van der Waals surface area contributed by atoms with Gasteiger partial charge in [-0.1, -0.05) is 54.6 Å². The molecule has 20 heavy (non-hydrogen) atoms. The third kappa shape index (κ3) is 4.86. The van der Waals surface area contributed by atoms with Crippen molar-refractivity contribution in [3.63, 3.8) is 0 Å². The average Bonchev–Trinajstić information content (AvgIpc) is 3.24. The minimum atomic E-state index is 1.21. The zero-order valence-corrected chi connectivity index (χ0v) is 11.2. The fourth-order valence-electron chi connectivity index (χ4n) is 1.66. The predicted molar refractivity (Wildman–Crippen MR) is 85.5 cm³/mol. The van der Waals surface area contributed by atoms with E-state index in [4.69, 9.17) is 0 Å². The molecule has 0 saturated carbocycles. The summed E-state index contributed by atoms with van der Waals surface area (Å²) in [6.07, 6.45) is 5.70. The molecule has 2 N–H and O–H groups in total. The minimum absolute atomic E-state index is 1.21. The van der Waals surface area contributed by atoms with Gasteiger partial charge in [-0.25, -0.2) is 0 Å². The van der Waals surface area contributed by atoms with Gasteiger partial charge in [0.2, 0.25) is 0 Å². The summed E-state index contributed by atoms with van der Waals surface area (Å²) in [5.74, 6) is 0. The van der Waals surface area contributed by atoms with Gasteiger partial charge in [-0.05, 0) is 29.7 Å². The van der Waals surface area contributed by atoms with Crippen LogP contribution in [0.4, 0.5) is 0 Å². The van der Waals surface area contributed by atoms with Crippen LogP contribution in [0, 0.1) is 0 Å². The molecule has 2 heteroatoms. The molecule has 2 aromatic heterocycles. The lowest BCUT2D eigenvalue weighted by Crippen LogP contribution is -1.61. The zero-order chi connectivity index (χ0) is 13.9. The van der Waals surface area contributed by atoms with Gasteiger partial charge in [0.05, 0.1) is 0 Å². The summed E-state index contributed by atoms with van der Waals surface area (Å²) in [6.45, 7) is 0. The number of aromatic nitrogens is 2. The van der Waals surface area contributed by atoms with E-state index in [2.05, 4.69) is 28.2 Å². The zero-order valence-electron chi connectivity index (χ0n) is 11.2. The number of hydrogen-bond donors (Lipinski definition) is 2. The van der Waals surface area contributed by atoms with Crippen LogP contribution in [0.2, 0.25) is 0 Å². The summed E-state index contributed by atoms with van der Waals surface area (Å²) >= 11 is 0. The first-order chi connectivity index (χ1) is 9.97. The van der Waals surface area contributed by atoms with E-state index < -0.39 is 0 Å². The molecule has 0 atom stereocenters. The van der Waals surface area contributed by atoms with E-state index in [0.29, 0.717) is 0 Å². The molecule has 0 amide bonds. The van der Waals surface area contributed by atoms with Crippen molar-refractivity contribution >= 4 is 10.9 Å². The maximum absolute atomic E-state index is 3.12. The number of H-pyrrole nitrogens is 2. The third-order valence-corrected chi connectivity index (χ3v) is 2.63. The molecule has 0 spiro atoms. The molecule has 0 aliphatic rings. The highest BCUT2D eigenvalue weighted by molar-refractivity contribution is 5.78. The Morgan fingerprint density at radius 2 is 1.10 bits per heavy atom. The summed E-state index contributed by atoms with van der Waals surface area (Å²) in [5, 5.41) is 1.28. The molecule has 0 saturated heterocycles. The van der Waals surface area contributed by atoms with Gasteiger partial charge in [0, 0.05) is 24.1 Å². The van der Waals surface area contributed by atoms with Crippen molar-refractivity contribution in [3.8, 4) is 0 Å². The molecule has 2 heterocycles. The van der Waals surface area contributed by atoms with Crippen molar-refractivity contribution in [2.24, 2.45) is 0 Å². The molecule has 0 bridgehead atoms. The molecule has 4 aromatic rings. The van der Waals surface area contributed by atoms with Crippen LogP contribution in [0.5, 0.6) is 0 Å². The van der Waals surface area contributed by atoms with Crippen molar-refractivity contribution in [1.29, 1.82) is 0 Å². The van der Waals surface area contributed by atoms with Crippen LogP contribution in [0.15, 0.2) is 97.5 Å². The minimum Gasteiger partial charge on any atom is -0.368 e. The fourth-order valence-corrected chi connectivity index (χ4v) is 1.66. The Hall–Kier alpha value is -2.74. The standard InChI is InChI=1S/C8H7N.C6H6.C4H5N/c1-2-4-8-7(3-1)5-6-9-8;1-2-4-6-5-3-1;1-2-4-5-3-1/h1-6,9H;1-6H;1-5H. The molecule has 2 aromatic carbocycles. The van der Waals surface area contributed by atoms with Gasteiger partial charge < -0.3 is 9.97 Å². The van der Waals surface area contributed by atoms with Gasteiger partial charge in [-0.15, -0.1) is 0 Å². The van der Waals surface area contributed by atoms with E-state index in [0.717, 1.165) is 0 Å². The Balaban J connectivity index is 0.000000117. The van der Waals surface area contributed by atoms with E-state index in [-0.39, 0.29) is 0 Å². The summed E-state index contributed by atoms with van der Waals surface area (Å²) < 4.78 is 0. The second-order valence-corrected chi connectivity index (χ2v) is 4.10. The van der Waals surface area contributed by atoms with Crippen LogP contribution in [0.25, 0.3) is 10.9 Å². The molecule has 0 unspecified atom stereocenters. The quantitative estimate of drug-likeness (QED) is 0.453. The summed E-state index contributed by atoms with van der Waals surface area (Å²) in [5.41, 5.74) is 1.21. The van der Waals surface area contributed by atoms with Gasteiger partial charge >= 0.3 is 0 Å².